The molecule has 0 aliphatic heterocycles. The molecule has 0 amide bonds. The first-order valence-electron chi connectivity index (χ1n) is 5.24. The highest BCUT2D eigenvalue weighted by Gasteiger charge is 2.10. The van der Waals surface area contributed by atoms with Crippen molar-refractivity contribution in [3.05, 3.63) is 52.0 Å². The number of hydrogen-bond acceptors (Lipinski definition) is 2. The van der Waals surface area contributed by atoms with Crippen LogP contribution in [0.1, 0.15) is 17.3 Å². The minimum atomic E-state index is -0.286. The average Bonchev–Trinajstić information content (AvgIpc) is 2.62. The normalized spacial score (nSPS) is 12.7. The molecule has 5 heteroatoms. The number of aryl methyl sites for hydroxylation is 1. The Kier molecular flexibility index (Phi) is 3.59. The molecule has 1 unspecified atom stereocenters. The van der Waals surface area contributed by atoms with E-state index in [2.05, 4.69) is 21.0 Å². The first-order chi connectivity index (χ1) is 8.04. The van der Waals surface area contributed by atoms with E-state index in [0.717, 1.165) is 11.3 Å². The van der Waals surface area contributed by atoms with Gasteiger partial charge in [-0.15, -0.1) is 0 Å². The van der Waals surface area contributed by atoms with Gasteiger partial charge in [0.05, 0.1) is 5.69 Å². The Bertz CT molecular complexity index is 504. The third-order valence-electron chi connectivity index (χ3n) is 2.51. The quantitative estimate of drug-likeness (QED) is 0.946. The zero-order valence-electron chi connectivity index (χ0n) is 9.40. The highest BCUT2D eigenvalue weighted by Crippen LogP contribution is 2.21. The number of nitrogens with two attached hydrogens (primary N) is 1. The van der Waals surface area contributed by atoms with Crippen LogP contribution in [0.25, 0.3) is 0 Å². The lowest BCUT2D eigenvalue weighted by Crippen LogP contribution is -2.14. The van der Waals surface area contributed by atoms with Crippen LogP contribution in [0.4, 0.5) is 4.39 Å². The van der Waals surface area contributed by atoms with E-state index in [1.807, 2.05) is 25.4 Å². The number of rotatable bonds is 3. The van der Waals surface area contributed by atoms with Gasteiger partial charge in [-0.3, -0.25) is 4.68 Å². The maximum Gasteiger partial charge on any atom is 0.124 e. The summed E-state index contributed by atoms with van der Waals surface area (Å²) in [6.07, 6.45) is 2.46. The van der Waals surface area contributed by atoms with E-state index in [0.29, 0.717) is 10.9 Å². The van der Waals surface area contributed by atoms with Crippen LogP contribution < -0.4 is 5.73 Å². The molecule has 0 saturated carbocycles. The predicted molar refractivity (Wildman–Crippen MR) is 67.9 cm³/mol. The highest BCUT2D eigenvalue weighted by molar-refractivity contribution is 9.10. The van der Waals surface area contributed by atoms with E-state index >= 15 is 0 Å². The lowest BCUT2D eigenvalue weighted by Gasteiger charge is -2.11. The third-order valence-corrected chi connectivity index (χ3v) is 2.97. The van der Waals surface area contributed by atoms with Gasteiger partial charge in [0.25, 0.3) is 0 Å². The largest absolute Gasteiger partial charge is 0.324 e. The van der Waals surface area contributed by atoms with Gasteiger partial charge in [0.1, 0.15) is 5.82 Å². The standard InChI is InChI=1S/C12H13BrFN3/c1-17-3-2-11(16-17)7-12(15)8-4-9(13)6-10(14)5-8/h2-6,12H,7,15H2,1H3. The summed E-state index contributed by atoms with van der Waals surface area (Å²) in [6.45, 7) is 0. The van der Waals surface area contributed by atoms with E-state index in [4.69, 9.17) is 5.73 Å². The molecule has 1 heterocycles. The molecular weight excluding hydrogens is 285 g/mol. The topological polar surface area (TPSA) is 43.8 Å². The monoisotopic (exact) mass is 297 g/mol. The molecule has 17 heavy (non-hydrogen) atoms. The maximum absolute atomic E-state index is 13.2. The summed E-state index contributed by atoms with van der Waals surface area (Å²) in [5.74, 6) is -0.286. The molecule has 1 aromatic heterocycles. The van der Waals surface area contributed by atoms with Crippen LogP contribution in [0.2, 0.25) is 0 Å². The van der Waals surface area contributed by atoms with E-state index in [1.165, 1.54) is 12.1 Å². The van der Waals surface area contributed by atoms with Crippen molar-refractivity contribution in [2.75, 3.05) is 0 Å². The number of benzene rings is 1. The minimum Gasteiger partial charge on any atom is -0.324 e. The second kappa shape index (κ2) is 4.98. The number of halogens is 2. The van der Waals surface area contributed by atoms with Gasteiger partial charge < -0.3 is 5.73 Å². The molecule has 0 saturated heterocycles. The highest BCUT2D eigenvalue weighted by atomic mass is 79.9. The second-order valence-electron chi connectivity index (χ2n) is 3.99. The van der Waals surface area contributed by atoms with Crippen LogP contribution in [-0.4, -0.2) is 9.78 Å². The Morgan fingerprint density at radius 1 is 1.47 bits per heavy atom. The van der Waals surface area contributed by atoms with Gasteiger partial charge in [0.15, 0.2) is 0 Å². The Labute approximate surface area is 108 Å². The van der Waals surface area contributed by atoms with Gasteiger partial charge in [0, 0.05) is 30.2 Å². The summed E-state index contributed by atoms with van der Waals surface area (Å²) in [5.41, 5.74) is 7.71. The summed E-state index contributed by atoms with van der Waals surface area (Å²) in [4.78, 5) is 0. The van der Waals surface area contributed by atoms with Gasteiger partial charge in [-0.1, -0.05) is 15.9 Å². The molecule has 0 radical (unpaired) electrons. The fourth-order valence-electron chi connectivity index (χ4n) is 1.70. The molecule has 90 valence electrons. The molecule has 0 aliphatic carbocycles. The Balaban J connectivity index is 2.16. The van der Waals surface area contributed by atoms with Crippen LogP contribution in [-0.2, 0) is 13.5 Å². The van der Waals surface area contributed by atoms with Gasteiger partial charge in [-0.05, 0) is 29.8 Å². The van der Waals surface area contributed by atoms with Gasteiger partial charge in [-0.2, -0.15) is 5.10 Å². The van der Waals surface area contributed by atoms with Gasteiger partial charge in [0.2, 0.25) is 0 Å². The van der Waals surface area contributed by atoms with E-state index in [9.17, 15) is 4.39 Å². The average molecular weight is 298 g/mol. The summed E-state index contributed by atoms with van der Waals surface area (Å²) in [5, 5.41) is 4.25. The van der Waals surface area contributed by atoms with E-state index in [1.54, 1.807) is 4.68 Å². The van der Waals surface area contributed by atoms with Gasteiger partial charge in [-0.25, -0.2) is 4.39 Å². The molecular formula is C12H13BrFN3. The van der Waals surface area contributed by atoms with E-state index in [-0.39, 0.29) is 11.9 Å². The molecule has 3 nitrogen and oxygen atoms in total. The summed E-state index contributed by atoms with van der Waals surface area (Å²) in [7, 11) is 1.85. The lowest BCUT2D eigenvalue weighted by atomic mass is 10.0. The Morgan fingerprint density at radius 3 is 2.82 bits per heavy atom. The zero-order valence-corrected chi connectivity index (χ0v) is 11.0. The van der Waals surface area contributed by atoms with Crippen molar-refractivity contribution in [2.45, 2.75) is 12.5 Å². The lowest BCUT2D eigenvalue weighted by molar-refractivity contribution is 0.615. The second-order valence-corrected chi connectivity index (χ2v) is 4.91. The fourth-order valence-corrected chi connectivity index (χ4v) is 2.19. The first-order valence-corrected chi connectivity index (χ1v) is 6.04. The number of hydrogen-bond donors (Lipinski definition) is 1. The molecule has 2 rings (SSSR count). The third kappa shape index (κ3) is 3.14. The maximum atomic E-state index is 13.2. The molecule has 0 fully saturated rings. The first kappa shape index (κ1) is 12.3. The summed E-state index contributed by atoms with van der Waals surface area (Å²) in [6, 6.07) is 6.36. The number of nitrogens with zero attached hydrogens (tertiary/aromatic N) is 2. The van der Waals surface area contributed by atoms with Gasteiger partial charge >= 0.3 is 0 Å². The molecule has 0 bridgehead atoms. The molecule has 1 aromatic carbocycles. The summed E-state index contributed by atoms with van der Waals surface area (Å²) >= 11 is 3.26. The molecule has 0 spiro atoms. The van der Waals surface area contributed by atoms with Crippen molar-refractivity contribution in [1.82, 2.24) is 9.78 Å². The fraction of sp³-hybridized carbons (Fsp3) is 0.250. The smallest absolute Gasteiger partial charge is 0.124 e. The van der Waals surface area contributed by atoms with Crippen molar-refractivity contribution in [3.8, 4) is 0 Å². The van der Waals surface area contributed by atoms with Crippen LogP contribution in [0.15, 0.2) is 34.9 Å². The Morgan fingerprint density at radius 2 is 2.24 bits per heavy atom. The SMILES string of the molecule is Cn1ccc(CC(N)c2cc(F)cc(Br)c2)n1. The molecule has 2 N–H and O–H groups in total. The van der Waals surface area contributed by atoms with Crippen molar-refractivity contribution >= 4 is 15.9 Å². The van der Waals surface area contributed by atoms with E-state index < -0.39 is 0 Å². The van der Waals surface area contributed by atoms with Crippen LogP contribution in [0.5, 0.6) is 0 Å². The molecule has 1 atom stereocenters. The number of aromatic nitrogens is 2. The molecule has 2 aromatic rings. The van der Waals surface area contributed by atoms with Crippen molar-refractivity contribution in [1.29, 1.82) is 0 Å². The van der Waals surface area contributed by atoms with Crippen LogP contribution >= 0.6 is 15.9 Å². The van der Waals surface area contributed by atoms with Crippen molar-refractivity contribution in [2.24, 2.45) is 12.8 Å². The predicted octanol–water partition coefficient (Wildman–Crippen LogP) is 2.56. The van der Waals surface area contributed by atoms with Crippen LogP contribution in [0, 0.1) is 5.82 Å². The molecule has 0 aliphatic rings. The summed E-state index contributed by atoms with van der Waals surface area (Å²) < 4.78 is 15.6. The zero-order chi connectivity index (χ0) is 12.4. The Hall–Kier alpha value is -1.20. The van der Waals surface area contributed by atoms with Crippen molar-refractivity contribution < 1.29 is 4.39 Å². The van der Waals surface area contributed by atoms with Crippen LogP contribution in [0.3, 0.4) is 0 Å². The minimum absolute atomic E-state index is 0.253. The van der Waals surface area contributed by atoms with Crippen molar-refractivity contribution in [3.63, 3.8) is 0 Å².